The molecule has 0 aliphatic rings. The van der Waals surface area contributed by atoms with Crippen molar-refractivity contribution in [2.45, 2.75) is 0 Å². The Bertz CT molecular complexity index is 367. The highest BCUT2D eigenvalue weighted by atomic mass is 79.9. The number of amides is 1. The van der Waals surface area contributed by atoms with E-state index in [-0.39, 0.29) is 5.91 Å². The Morgan fingerprint density at radius 3 is 2.93 bits per heavy atom. The predicted molar refractivity (Wildman–Crippen MR) is 57.7 cm³/mol. The van der Waals surface area contributed by atoms with Crippen molar-refractivity contribution in [3.63, 3.8) is 0 Å². The van der Waals surface area contributed by atoms with Gasteiger partial charge in [0.1, 0.15) is 4.60 Å². The van der Waals surface area contributed by atoms with Gasteiger partial charge in [0.25, 0.3) is 5.91 Å². The minimum absolute atomic E-state index is 0.122. The lowest BCUT2D eigenvalue weighted by Gasteiger charge is -2.13. The van der Waals surface area contributed by atoms with E-state index in [9.17, 15) is 4.79 Å². The van der Waals surface area contributed by atoms with Crippen molar-refractivity contribution in [3.8, 4) is 12.3 Å². The number of aromatic nitrogens is 1. The molecule has 0 N–H and O–H groups in total. The number of rotatable bonds is 2. The minimum atomic E-state index is -0.122. The number of terminal acetylenes is 1. The highest BCUT2D eigenvalue weighted by Crippen LogP contribution is 2.07. The van der Waals surface area contributed by atoms with Crippen molar-refractivity contribution < 1.29 is 4.79 Å². The zero-order chi connectivity index (χ0) is 10.6. The van der Waals surface area contributed by atoms with E-state index >= 15 is 0 Å². The molecule has 4 heteroatoms. The van der Waals surface area contributed by atoms with E-state index in [2.05, 4.69) is 26.8 Å². The topological polar surface area (TPSA) is 33.2 Å². The van der Waals surface area contributed by atoms with Crippen LogP contribution < -0.4 is 0 Å². The van der Waals surface area contributed by atoms with Crippen molar-refractivity contribution >= 4 is 21.8 Å². The SMILES string of the molecule is C#CCN(C)C(=O)c1ccc(Br)nc1. The molecule has 0 saturated heterocycles. The summed E-state index contributed by atoms with van der Waals surface area (Å²) in [6.07, 6.45) is 6.62. The van der Waals surface area contributed by atoms with Crippen molar-refractivity contribution in [3.05, 3.63) is 28.5 Å². The summed E-state index contributed by atoms with van der Waals surface area (Å²) in [5.41, 5.74) is 0.533. The number of hydrogen-bond donors (Lipinski definition) is 0. The average Bonchev–Trinajstić information content (AvgIpc) is 2.18. The van der Waals surface area contributed by atoms with E-state index in [1.54, 1.807) is 19.2 Å². The highest BCUT2D eigenvalue weighted by molar-refractivity contribution is 9.10. The van der Waals surface area contributed by atoms with Gasteiger partial charge in [0, 0.05) is 13.2 Å². The highest BCUT2D eigenvalue weighted by Gasteiger charge is 2.10. The smallest absolute Gasteiger partial charge is 0.255 e. The van der Waals surface area contributed by atoms with E-state index in [0.717, 1.165) is 0 Å². The molecule has 1 amide bonds. The molecule has 3 nitrogen and oxygen atoms in total. The minimum Gasteiger partial charge on any atom is -0.331 e. The van der Waals surface area contributed by atoms with Gasteiger partial charge in [-0.2, -0.15) is 0 Å². The molecule has 0 aliphatic carbocycles. The third-order valence-corrected chi connectivity index (χ3v) is 2.12. The maximum Gasteiger partial charge on any atom is 0.255 e. The molecule has 0 spiro atoms. The summed E-state index contributed by atoms with van der Waals surface area (Å²) < 4.78 is 0.702. The van der Waals surface area contributed by atoms with Gasteiger partial charge in [-0.3, -0.25) is 4.79 Å². The standard InChI is InChI=1S/C10H9BrN2O/c1-3-6-13(2)10(14)8-4-5-9(11)12-7-8/h1,4-5,7H,6H2,2H3. The number of halogens is 1. The number of carbonyl (C=O) groups excluding carboxylic acids is 1. The summed E-state index contributed by atoms with van der Waals surface area (Å²) in [5.74, 6) is 2.28. The Balaban J connectivity index is 2.80. The second kappa shape index (κ2) is 4.77. The Morgan fingerprint density at radius 2 is 2.43 bits per heavy atom. The van der Waals surface area contributed by atoms with Crippen molar-refractivity contribution in [1.82, 2.24) is 9.88 Å². The molecular formula is C10H9BrN2O. The Kier molecular flexibility index (Phi) is 3.66. The molecule has 0 atom stereocenters. The molecule has 1 rings (SSSR count). The van der Waals surface area contributed by atoms with E-state index in [4.69, 9.17) is 6.42 Å². The van der Waals surface area contributed by atoms with Crippen molar-refractivity contribution in [1.29, 1.82) is 0 Å². The van der Waals surface area contributed by atoms with Gasteiger partial charge in [0.05, 0.1) is 12.1 Å². The molecule has 14 heavy (non-hydrogen) atoms. The number of nitrogens with zero attached hydrogens (tertiary/aromatic N) is 2. The summed E-state index contributed by atoms with van der Waals surface area (Å²) >= 11 is 3.19. The number of pyridine rings is 1. The lowest BCUT2D eigenvalue weighted by molar-refractivity contribution is 0.0812. The van der Waals surface area contributed by atoms with Crippen LogP contribution in [0.4, 0.5) is 0 Å². The summed E-state index contributed by atoms with van der Waals surface area (Å²) in [4.78, 5) is 17.0. The molecule has 0 aliphatic heterocycles. The Labute approximate surface area is 91.3 Å². The average molecular weight is 253 g/mol. The first-order valence-corrected chi connectivity index (χ1v) is 4.75. The van der Waals surface area contributed by atoms with E-state index in [1.807, 2.05) is 0 Å². The summed E-state index contributed by atoms with van der Waals surface area (Å²) in [7, 11) is 1.66. The molecule has 0 fully saturated rings. The van der Waals surface area contributed by atoms with Crippen LogP contribution in [0.2, 0.25) is 0 Å². The fourth-order valence-corrected chi connectivity index (χ4v) is 1.17. The largest absolute Gasteiger partial charge is 0.331 e. The lowest BCUT2D eigenvalue weighted by Crippen LogP contribution is -2.26. The molecule has 0 unspecified atom stereocenters. The van der Waals surface area contributed by atoms with Crippen LogP contribution in [0, 0.1) is 12.3 Å². The first-order valence-electron chi connectivity index (χ1n) is 3.95. The zero-order valence-corrected chi connectivity index (χ0v) is 9.28. The maximum atomic E-state index is 11.6. The van der Waals surface area contributed by atoms with Gasteiger partial charge < -0.3 is 4.90 Å². The second-order valence-corrected chi connectivity index (χ2v) is 3.55. The molecule has 0 saturated carbocycles. The molecule has 1 aromatic heterocycles. The first kappa shape index (κ1) is 10.7. The monoisotopic (exact) mass is 252 g/mol. The van der Waals surface area contributed by atoms with Crippen LogP contribution in [-0.2, 0) is 0 Å². The molecule has 72 valence electrons. The fraction of sp³-hybridized carbons (Fsp3) is 0.200. The fourth-order valence-electron chi connectivity index (χ4n) is 0.931. The van der Waals surface area contributed by atoms with Gasteiger partial charge in [-0.05, 0) is 28.1 Å². The summed E-state index contributed by atoms with van der Waals surface area (Å²) in [6.45, 7) is 0.300. The molecular weight excluding hydrogens is 244 g/mol. The predicted octanol–water partition coefficient (Wildman–Crippen LogP) is 1.55. The maximum absolute atomic E-state index is 11.6. The number of hydrogen-bond acceptors (Lipinski definition) is 2. The van der Waals surface area contributed by atoms with Gasteiger partial charge in [0.15, 0.2) is 0 Å². The van der Waals surface area contributed by atoms with Gasteiger partial charge in [-0.1, -0.05) is 5.92 Å². The van der Waals surface area contributed by atoms with Crippen LogP contribution in [0.1, 0.15) is 10.4 Å². The number of carbonyl (C=O) groups is 1. The van der Waals surface area contributed by atoms with Crippen molar-refractivity contribution in [2.75, 3.05) is 13.6 Å². The lowest BCUT2D eigenvalue weighted by atomic mass is 10.2. The third kappa shape index (κ3) is 2.57. The van der Waals surface area contributed by atoms with Crippen molar-refractivity contribution in [2.24, 2.45) is 0 Å². The van der Waals surface area contributed by atoms with Crippen LogP contribution in [0.3, 0.4) is 0 Å². The van der Waals surface area contributed by atoms with Gasteiger partial charge >= 0.3 is 0 Å². The van der Waals surface area contributed by atoms with Crippen LogP contribution >= 0.6 is 15.9 Å². The van der Waals surface area contributed by atoms with E-state index in [1.165, 1.54) is 11.1 Å². The summed E-state index contributed by atoms with van der Waals surface area (Å²) in [5, 5.41) is 0. The van der Waals surface area contributed by atoms with Gasteiger partial charge in [0.2, 0.25) is 0 Å². The zero-order valence-electron chi connectivity index (χ0n) is 7.70. The van der Waals surface area contributed by atoms with E-state index in [0.29, 0.717) is 16.7 Å². The molecule has 0 radical (unpaired) electrons. The van der Waals surface area contributed by atoms with Gasteiger partial charge in [-0.15, -0.1) is 6.42 Å². The molecule has 1 heterocycles. The van der Waals surface area contributed by atoms with Crippen LogP contribution in [-0.4, -0.2) is 29.4 Å². The Morgan fingerprint density at radius 1 is 1.71 bits per heavy atom. The third-order valence-electron chi connectivity index (χ3n) is 1.65. The normalized spacial score (nSPS) is 9.21. The summed E-state index contributed by atoms with van der Waals surface area (Å²) in [6, 6.07) is 3.42. The second-order valence-electron chi connectivity index (χ2n) is 2.73. The van der Waals surface area contributed by atoms with Gasteiger partial charge in [-0.25, -0.2) is 4.98 Å². The first-order chi connectivity index (χ1) is 6.65. The molecule has 1 aromatic rings. The van der Waals surface area contributed by atoms with E-state index < -0.39 is 0 Å². The molecule has 0 aromatic carbocycles. The van der Waals surface area contributed by atoms with Crippen LogP contribution in [0.5, 0.6) is 0 Å². The van der Waals surface area contributed by atoms with Crippen LogP contribution in [0.15, 0.2) is 22.9 Å². The Hall–Kier alpha value is -1.34. The molecule has 0 bridgehead atoms. The quantitative estimate of drug-likeness (QED) is 0.591. The van der Waals surface area contributed by atoms with Crippen LogP contribution in [0.25, 0.3) is 0 Å².